The van der Waals surface area contributed by atoms with Gasteiger partial charge in [0.1, 0.15) is 0 Å². The molecule has 5 nitrogen and oxygen atoms in total. The molecule has 0 saturated heterocycles. The molecular formula is C18H21N3O2S2. The number of anilines is 2. The van der Waals surface area contributed by atoms with Crippen molar-refractivity contribution in [3.05, 3.63) is 54.1 Å². The lowest BCUT2D eigenvalue weighted by Gasteiger charge is -2.26. The molecule has 0 aromatic heterocycles. The van der Waals surface area contributed by atoms with Gasteiger partial charge in [0, 0.05) is 31.5 Å². The predicted octanol–water partition coefficient (Wildman–Crippen LogP) is 3.08. The molecular weight excluding hydrogens is 354 g/mol. The van der Waals surface area contributed by atoms with Gasteiger partial charge >= 0.3 is 0 Å². The van der Waals surface area contributed by atoms with Crippen molar-refractivity contribution >= 4 is 38.7 Å². The molecule has 2 aromatic rings. The number of hydrogen-bond donors (Lipinski definition) is 1. The number of nitrogens with zero attached hydrogens (tertiary/aromatic N) is 2. The molecule has 1 atom stereocenters. The van der Waals surface area contributed by atoms with Crippen LogP contribution in [0.4, 0.5) is 11.4 Å². The molecule has 2 aromatic carbocycles. The van der Waals surface area contributed by atoms with Crippen LogP contribution in [0.3, 0.4) is 0 Å². The third-order valence-corrected chi connectivity index (χ3v) is 6.40. The van der Waals surface area contributed by atoms with Gasteiger partial charge < -0.3 is 10.2 Å². The van der Waals surface area contributed by atoms with E-state index in [1.54, 1.807) is 18.2 Å². The number of fused-ring (bicyclic) bond motifs is 1. The van der Waals surface area contributed by atoms with Gasteiger partial charge in [0.2, 0.25) is 10.0 Å². The monoisotopic (exact) mass is 375 g/mol. The zero-order valence-electron chi connectivity index (χ0n) is 14.4. The van der Waals surface area contributed by atoms with Crippen molar-refractivity contribution in [2.24, 2.45) is 0 Å². The maximum Gasteiger partial charge on any atom is 0.242 e. The smallest absolute Gasteiger partial charge is 0.242 e. The van der Waals surface area contributed by atoms with Crippen LogP contribution in [0.1, 0.15) is 12.5 Å². The van der Waals surface area contributed by atoms with Crippen molar-refractivity contribution in [2.45, 2.75) is 24.3 Å². The molecule has 0 spiro atoms. The summed E-state index contributed by atoms with van der Waals surface area (Å²) in [7, 11) is -0.444. The van der Waals surface area contributed by atoms with Gasteiger partial charge in [-0.1, -0.05) is 24.3 Å². The first-order valence-corrected chi connectivity index (χ1v) is 9.86. The SMILES string of the molecule is C[C@@H]1Cc2ccccc2N1C(=S)Nc1cccc(S(=O)(=O)N(C)C)c1. The number of rotatable bonds is 3. The van der Waals surface area contributed by atoms with Crippen molar-refractivity contribution < 1.29 is 8.42 Å². The molecule has 1 N–H and O–H groups in total. The van der Waals surface area contributed by atoms with Crippen LogP contribution in [0, 0.1) is 0 Å². The van der Waals surface area contributed by atoms with Gasteiger partial charge in [-0.3, -0.25) is 0 Å². The van der Waals surface area contributed by atoms with Crippen LogP contribution in [0.15, 0.2) is 53.4 Å². The van der Waals surface area contributed by atoms with Crippen LogP contribution < -0.4 is 10.2 Å². The Balaban J connectivity index is 1.85. The molecule has 132 valence electrons. The van der Waals surface area contributed by atoms with Crippen LogP contribution in [-0.2, 0) is 16.4 Å². The van der Waals surface area contributed by atoms with E-state index in [1.165, 1.54) is 24.0 Å². The molecule has 0 bridgehead atoms. The normalized spacial score (nSPS) is 16.8. The number of nitrogens with one attached hydrogen (secondary N) is 1. The van der Waals surface area contributed by atoms with Crippen LogP contribution >= 0.6 is 12.2 Å². The maximum absolute atomic E-state index is 12.3. The molecule has 1 aliphatic heterocycles. The van der Waals surface area contributed by atoms with Crippen molar-refractivity contribution in [1.29, 1.82) is 0 Å². The van der Waals surface area contributed by atoms with E-state index in [1.807, 2.05) is 18.2 Å². The Morgan fingerprint density at radius 2 is 1.92 bits per heavy atom. The van der Waals surface area contributed by atoms with Crippen LogP contribution in [0.5, 0.6) is 0 Å². The Bertz CT molecular complexity index is 910. The fraction of sp³-hybridized carbons (Fsp3) is 0.278. The van der Waals surface area contributed by atoms with E-state index in [-0.39, 0.29) is 10.9 Å². The van der Waals surface area contributed by atoms with Crippen LogP contribution in [0.25, 0.3) is 0 Å². The molecule has 7 heteroatoms. The van der Waals surface area contributed by atoms with Gasteiger partial charge in [0.25, 0.3) is 0 Å². The van der Waals surface area contributed by atoms with Gasteiger partial charge in [0.15, 0.2) is 5.11 Å². The van der Waals surface area contributed by atoms with Crippen molar-refractivity contribution in [3.63, 3.8) is 0 Å². The van der Waals surface area contributed by atoms with E-state index in [2.05, 4.69) is 29.3 Å². The van der Waals surface area contributed by atoms with Crippen LogP contribution in [0.2, 0.25) is 0 Å². The summed E-state index contributed by atoms with van der Waals surface area (Å²) in [6.07, 6.45) is 0.938. The number of sulfonamides is 1. The fourth-order valence-electron chi connectivity index (χ4n) is 3.00. The first kappa shape index (κ1) is 17.8. The molecule has 1 aliphatic rings. The molecule has 0 fully saturated rings. The van der Waals surface area contributed by atoms with Crippen LogP contribution in [-0.4, -0.2) is 38.0 Å². The van der Waals surface area contributed by atoms with Gasteiger partial charge in [-0.15, -0.1) is 0 Å². The highest BCUT2D eigenvalue weighted by Crippen LogP contribution is 2.32. The lowest BCUT2D eigenvalue weighted by atomic mass is 10.1. The summed E-state index contributed by atoms with van der Waals surface area (Å²) in [5.74, 6) is 0. The summed E-state index contributed by atoms with van der Waals surface area (Å²) in [4.78, 5) is 2.32. The molecule has 25 heavy (non-hydrogen) atoms. The zero-order valence-corrected chi connectivity index (χ0v) is 16.1. The number of thiocarbonyl (C=S) groups is 1. The molecule has 0 amide bonds. The Morgan fingerprint density at radius 1 is 1.20 bits per heavy atom. The Labute approximate surface area is 154 Å². The second-order valence-corrected chi connectivity index (χ2v) is 8.84. The first-order valence-electron chi connectivity index (χ1n) is 8.01. The zero-order chi connectivity index (χ0) is 18.2. The second-order valence-electron chi connectivity index (χ2n) is 6.30. The Morgan fingerprint density at radius 3 is 2.64 bits per heavy atom. The van der Waals surface area contributed by atoms with E-state index >= 15 is 0 Å². The van der Waals surface area contributed by atoms with Crippen molar-refractivity contribution in [1.82, 2.24) is 4.31 Å². The van der Waals surface area contributed by atoms with Gasteiger partial charge in [0.05, 0.1) is 4.90 Å². The molecule has 0 radical (unpaired) electrons. The summed E-state index contributed by atoms with van der Waals surface area (Å²) < 4.78 is 25.8. The van der Waals surface area contributed by atoms with E-state index in [0.717, 1.165) is 12.1 Å². The Hall–Kier alpha value is -1.96. The molecule has 1 heterocycles. The largest absolute Gasteiger partial charge is 0.332 e. The minimum atomic E-state index is -3.48. The average Bonchev–Trinajstić information content (AvgIpc) is 2.90. The highest BCUT2D eigenvalue weighted by atomic mass is 32.2. The van der Waals surface area contributed by atoms with Gasteiger partial charge in [-0.25, -0.2) is 12.7 Å². The highest BCUT2D eigenvalue weighted by molar-refractivity contribution is 7.89. The summed E-state index contributed by atoms with van der Waals surface area (Å²) in [5, 5.41) is 3.75. The van der Waals surface area contributed by atoms with E-state index in [9.17, 15) is 8.42 Å². The van der Waals surface area contributed by atoms with E-state index in [4.69, 9.17) is 12.2 Å². The Kier molecular flexibility index (Phi) is 4.81. The summed E-state index contributed by atoms with van der Waals surface area (Å²) in [6.45, 7) is 2.13. The third-order valence-electron chi connectivity index (χ3n) is 4.29. The number of hydrogen-bond acceptors (Lipinski definition) is 3. The van der Waals surface area contributed by atoms with Crippen molar-refractivity contribution in [2.75, 3.05) is 24.3 Å². The minimum Gasteiger partial charge on any atom is -0.332 e. The molecule has 0 aliphatic carbocycles. The standard InChI is InChI=1S/C18H21N3O2S2/c1-13-11-14-7-4-5-10-17(14)21(13)18(24)19-15-8-6-9-16(12-15)25(22,23)20(2)3/h4-10,12-13H,11H2,1-3H3,(H,19,24)/t13-/m1/s1. The molecule has 3 rings (SSSR count). The van der Waals surface area contributed by atoms with Gasteiger partial charge in [-0.2, -0.15) is 0 Å². The molecule has 0 saturated carbocycles. The summed E-state index contributed by atoms with van der Waals surface area (Å²) >= 11 is 5.59. The maximum atomic E-state index is 12.3. The highest BCUT2D eigenvalue weighted by Gasteiger charge is 2.28. The summed E-state index contributed by atoms with van der Waals surface area (Å²) in [5.41, 5.74) is 3.03. The lowest BCUT2D eigenvalue weighted by molar-refractivity contribution is 0.521. The predicted molar refractivity (Wildman–Crippen MR) is 106 cm³/mol. The second kappa shape index (κ2) is 6.74. The van der Waals surface area contributed by atoms with E-state index < -0.39 is 10.0 Å². The topological polar surface area (TPSA) is 52.7 Å². The number of benzene rings is 2. The lowest BCUT2D eigenvalue weighted by Crippen LogP contribution is -2.38. The van der Waals surface area contributed by atoms with Gasteiger partial charge in [-0.05, 0) is 55.4 Å². The van der Waals surface area contributed by atoms with E-state index in [0.29, 0.717) is 10.8 Å². The number of para-hydroxylation sites is 1. The summed E-state index contributed by atoms with van der Waals surface area (Å²) in [6, 6.07) is 15.2. The average molecular weight is 376 g/mol. The van der Waals surface area contributed by atoms with Crippen molar-refractivity contribution in [3.8, 4) is 0 Å². The third kappa shape index (κ3) is 3.40. The first-order chi connectivity index (χ1) is 11.8. The molecule has 0 unspecified atom stereocenters. The fourth-order valence-corrected chi connectivity index (χ4v) is 4.35. The quantitative estimate of drug-likeness (QED) is 0.836. The minimum absolute atomic E-state index is 0.236.